The summed E-state index contributed by atoms with van der Waals surface area (Å²) in [5.74, 6) is 3.17. The van der Waals surface area contributed by atoms with Crippen molar-refractivity contribution in [2.45, 2.75) is 71.3 Å². The summed E-state index contributed by atoms with van der Waals surface area (Å²) in [6, 6.07) is 0.339. The molecule has 2 nitrogen and oxygen atoms in total. The summed E-state index contributed by atoms with van der Waals surface area (Å²) in [6.45, 7) is 4.24. The molecule has 1 N–H and O–H groups in total. The molecule has 1 amide bonds. The van der Waals surface area contributed by atoms with Gasteiger partial charge in [0, 0.05) is 12.5 Å². The van der Waals surface area contributed by atoms with Crippen molar-refractivity contribution in [2.75, 3.05) is 0 Å². The monoisotopic (exact) mass is 249 g/mol. The van der Waals surface area contributed by atoms with Gasteiger partial charge in [0.25, 0.3) is 0 Å². The first-order valence-electron chi connectivity index (χ1n) is 7.88. The highest BCUT2D eigenvalue weighted by molar-refractivity contribution is 5.77. The molecule has 4 saturated carbocycles. The van der Waals surface area contributed by atoms with Gasteiger partial charge in [-0.25, -0.2) is 0 Å². The molecule has 4 fully saturated rings. The first kappa shape index (κ1) is 12.5. The van der Waals surface area contributed by atoms with E-state index in [1.807, 2.05) is 0 Å². The molecule has 4 rings (SSSR count). The van der Waals surface area contributed by atoms with Crippen LogP contribution in [-0.2, 0) is 4.79 Å². The predicted octanol–water partition coefficient (Wildman–Crippen LogP) is 3.51. The highest BCUT2D eigenvalue weighted by Crippen LogP contribution is 2.61. The summed E-state index contributed by atoms with van der Waals surface area (Å²) in [7, 11) is 0. The Labute approximate surface area is 111 Å². The van der Waals surface area contributed by atoms with Crippen molar-refractivity contribution in [3.05, 3.63) is 0 Å². The molecule has 2 heteroatoms. The second-order valence-electron chi connectivity index (χ2n) is 7.47. The lowest BCUT2D eigenvalue weighted by Gasteiger charge is -2.56. The lowest BCUT2D eigenvalue weighted by atomic mass is 9.49. The molecule has 0 aromatic heterocycles. The van der Waals surface area contributed by atoms with E-state index in [-0.39, 0.29) is 0 Å². The minimum absolute atomic E-state index is 0.311. The second kappa shape index (κ2) is 4.54. The van der Waals surface area contributed by atoms with E-state index in [4.69, 9.17) is 0 Å². The highest BCUT2D eigenvalue weighted by atomic mass is 16.1. The summed E-state index contributed by atoms with van der Waals surface area (Å²) in [5.41, 5.74) is 0.395. The maximum absolute atomic E-state index is 12.2. The minimum Gasteiger partial charge on any atom is -0.354 e. The largest absolute Gasteiger partial charge is 0.354 e. The molecule has 0 radical (unpaired) electrons. The normalized spacial score (nSPS) is 42.9. The summed E-state index contributed by atoms with van der Waals surface area (Å²) >= 11 is 0. The van der Waals surface area contributed by atoms with Crippen LogP contribution in [-0.4, -0.2) is 11.9 Å². The van der Waals surface area contributed by atoms with Gasteiger partial charge in [0.15, 0.2) is 0 Å². The molecule has 0 aromatic carbocycles. The van der Waals surface area contributed by atoms with Crippen LogP contribution in [0.3, 0.4) is 0 Å². The molecule has 1 atom stereocenters. The molecule has 4 aliphatic carbocycles. The second-order valence-corrected chi connectivity index (χ2v) is 7.47. The Balaban J connectivity index is 1.63. The van der Waals surface area contributed by atoms with E-state index in [0.29, 0.717) is 17.4 Å². The molecule has 18 heavy (non-hydrogen) atoms. The number of carbonyl (C=O) groups excluding carboxylic acids is 1. The van der Waals surface area contributed by atoms with Gasteiger partial charge in [0.2, 0.25) is 5.91 Å². The van der Waals surface area contributed by atoms with Crippen molar-refractivity contribution in [3.8, 4) is 0 Å². The van der Waals surface area contributed by atoms with Crippen molar-refractivity contribution in [3.63, 3.8) is 0 Å². The van der Waals surface area contributed by atoms with Crippen LogP contribution in [0, 0.1) is 23.2 Å². The zero-order valence-corrected chi connectivity index (χ0v) is 11.9. The van der Waals surface area contributed by atoms with E-state index in [0.717, 1.165) is 30.6 Å². The fourth-order valence-electron chi connectivity index (χ4n) is 5.28. The molecule has 4 bridgehead atoms. The van der Waals surface area contributed by atoms with Crippen LogP contribution >= 0.6 is 0 Å². The van der Waals surface area contributed by atoms with Gasteiger partial charge < -0.3 is 5.32 Å². The van der Waals surface area contributed by atoms with Gasteiger partial charge in [0.1, 0.15) is 0 Å². The molecular formula is C16H27NO. The van der Waals surface area contributed by atoms with Gasteiger partial charge in [-0.2, -0.15) is 0 Å². The number of amides is 1. The first-order chi connectivity index (χ1) is 8.58. The molecule has 0 saturated heterocycles. The maximum atomic E-state index is 12.2. The number of hydrogen-bond acceptors (Lipinski definition) is 1. The zero-order chi connectivity index (χ0) is 12.8. The first-order valence-corrected chi connectivity index (χ1v) is 7.88. The van der Waals surface area contributed by atoms with Gasteiger partial charge in [-0.1, -0.05) is 6.92 Å². The van der Waals surface area contributed by atoms with Crippen molar-refractivity contribution >= 4 is 5.91 Å². The van der Waals surface area contributed by atoms with Crippen LogP contribution in [0.15, 0.2) is 0 Å². The molecule has 0 spiro atoms. The average Bonchev–Trinajstić information content (AvgIpc) is 2.25. The topological polar surface area (TPSA) is 29.1 Å². The van der Waals surface area contributed by atoms with Crippen LogP contribution in [0.25, 0.3) is 0 Å². The van der Waals surface area contributed by atoms with Crippen molar-refractivity contribution in [2.24, 2.45) is 23.2 Å². The summed E-state index contributed by atoms with van der Waals surface area (Å²) < 4.78 is 0. The number of nitrogens with one attached hydrogen (secondary N) is 1. The van der Waals surface area contributed by atoms with Crippen molar-refractivity contribution in [1.29, 1.82) is 0 Å². The van der Waals surface area contributed by atoms with Crippen LogP contribution in [0.4, 0.5) is 0 Å². The van der Waals surface area contributed by atoms with Gasteiger partial charge in [-0.05, 0) is 75.0 Å². The molecule has 102 valence electrons. The molecule has 0 heterocycles. The summed E-state index contributed by atoms with van der Waals surface area (Å²) in [5, 5.41) is 3.17. The van der Waals surface area contributed by atoms with Crippen molar-refractivity contribution in [1.82, 2.24) is 5.32 Å². The lowest BCUT2D eigenvalue weighted by molar-refractivity contribution is -0.130. The Morgan fingerprint density at radius 2 is 1.67 bits per heavy atom. The van der Waals surface area contributed by atoms with Gasteiger partial charge >= 0.3 is 0 Å². The number of rotatable bonds is 4. The van der Waals surface area contributed by atoms with Gasteiger partial charge in [0.05, 0.1) is 0 Å². The van der Waals surface area contributed by atoms with E-state index in [2.05, 4.69) is 19.2 Å². The smallest absolute Gasteiger partial charge is 0.220 e. The van der Waals surface area contributed by atoms with Gasteiger partial charge in [-0.15, -0.1) is 0 Å². The average molecular weight is 249 g/mol. The summed E-state index contributed by atoms with van der Waals surface area (Å²) in [6.07, 6.45) is 10.3. The summed E-state index contributed by atoms with van der Waals surface area (Å²) in [4.78, 5) is 12.2. The van der Waals surface area contributed by atoms with E-state index in [1.54, 1.807) is 0 Å². The fraction of sp³-hybridized carbons (Fsp3) is 0.938. The number of hydrogen-bond donors (Lipinski definition) is 1. The third-order valence-corrected chi connectivity index (χ3v) is 5.72. The molecule has 1 unspecified atom stereocenters. The van der Waals surface area contributed by atoms with Gasteiger partial charge in [-0.3, -0.25) is 4.79 Å². The predicted molar refractivity (Wildman–Crippen MR) is 73.1 cm³/mol. The Bertz CT molecular complexity index is 301. The third kappa shape index (κ3) is 2.31. The minimum atomic E-state index is 0.311. The molecule has 4 aliphatic rings. The lowest BCUT2D eigenvalue weighted by Crippen LogP contribution is -2.48. The van der Waals surface area contributed by atoms with Crippen LogP contribution in [0.1, 0.15) is 65.2 Å². The van der Waals surface area contributed by atoms with E-state index < -0.39 is 0 Å². The molecule has 0 aromatic rings. The zero-order valence-electron chi connectivity index (χ0n) is 11.9. The molecule has 0 aliphatic heterocycles. The third-order valence-electron chi connectivity index (χ3n) is 5.72. The van der Waals surface area contributed by atoms with E-state index in [9.17, 15) is 4.79 Å². The van der Waals surface area contributed by atoms with Crippen LogP contribution in [0.5, 0.6) is 0 Å². The number of carbonyl (C=O) groups is 1. The fourth-order valence-corrected chi connectivity index (χ4v) is 5.28. The quantitative estimate of drug-likeness (QED) is 0.811. The Hall–Kier alpha value is -0.530. The Kier molecular flexibility index (Phi) is 3.15. The van der Waals surface area contributed by atoms with E-state index >= 15 is 0 Å². The van der Waals surface area contributed by atoms with Crippen LogP contribution < -0.4 is 5.32 Å². The highest BCUT2D eigenvalue weighted by Gasteiger charge is 2.51. The maximum Gasteiger partial charge on any atom is 0.220 e. The Morgan fingerprint density at radius 1 is 1.17 bits per heavy atom. The standard InChI is InChI=1S/C16H27NO/c1-3-11(2)17-15(18)10-16-7-12-4-13(8-16)6-14(5-12)9-16/h11-14H,3-10H2,1-2H3,(H,17,18). The van der Waals surface area contributed by atoms with E-state index in [1.165, 1.54) is 38.5 Å². The van der Waals surface area contributed by atoms with Crippen molar-refractivity contribution < 1.29 is 4.79 Å². The Morgan fingerprint density at radius 3 is 2.11 bits per heavy atom. The SMILES string of the molecule is CCC(C)NC(=O)CC12CC3CC(CC(C3)C1)C2. The van der Waals surface area contributed by atoms with Crippen LogP contribution in [0.2, 0.25) is 0 Å². The molecular weight excluding hydrogens is 222 g/mol.